The second kappa shape index (κ2) is 10.6. The molecular formula is C22H31N3O2S. The molecule has 1 aromatic carbocycles. The normalized spacial score (nSPS) is 19.4. The molecule has 1 N–H and O–H groups in total. The maximum atomic E-state index is 12.5. The zero-order chi connectivity index (χ0) is 19.8. The highest BCUT2D eigenvalue weighted by atomic mass is 32.1. The quantitative estimate of drug-likeness (QED) is 0.611. The van der Waals surface area contributed by atoms with Gasteiger partial charge in [0.1, 0.15) is 10.8 Å². The molecule has 3 rings (SSSR count). The van der Waals surface area contributed by atoms with Gasteiger partial charge < -0.3 is 10.1 Å². The van der Waals surface area contributed by atoms with Crippen LogP contribution in [0.3, 0.4) is 0 Å². The van der Waals surface area contributed by atoms with Crippen molar-refractivity contribution in [2.24, 2.45) is 11.8 Å². The summed E-state index contributed by atoms with van der Waals surface area (Å²) < 4.78 is 5.77. The number of carbonyl (C=O) groups excluding carboxylic acids is 1. The van der Waals surface area contributed by atoms with Crippen LogP contribution in [0.4, 0.5) is 5.13 Å². The maximum Gasteiger partial charge on any atom is 0.229 e. The first kappa shape index (κ1) is 20.8. The number of benzene rings is 1. The number of unbranched alkanes of at least 4 members (excludes halogenated alkanes) is 1. The summed E-state index contributed by atoms with van der Waals surface area (Å²) in [6.07, 6.45) is 8.91. The molecular weight excluding hydrogens is 370 g/mol. The number of hydrogen-bond acceptors (Lipinski definition) is 5. The van der Waals surface area contributed by atoms with Crippen LogP contribution in [0.15, 0.2) is 24.3 Å². The molecule has 28 heavy (non-hydrogen) atoms. The Morgan fingerprint density at radius 3 is 2.82 bits per heavy atom. The Hall–Kier alpha value is -1.95. The lowest BCUT2D eigenvalue weighted by Gasteiger charge is -2.27. The third kappa shape index (κ3) is 6.30. The Bertz CT molecular complexity index is 754. The third-order valence-corrected chi connectivity index (χ3v) is 6.35. The predicted octanol–water partition coefficient (Wildman–Crippen LogP) is 5.40. The van der Waals surface area contributed by atoms with Gasteiger partial charge in [-0.2, -0.15) is 0 Å². The van der Waals surface area contributed by atoms with Gasteiger partial charge in [0, 0.05) is 12.3 Å². The Kier molecular flexibility index (Phi) is 7.83. The molecule has 2 aromatic rings. The molecule has 1 saturated carbocycles. The molecule has 1 aliphatic rings. The van der Waals surface area contributed by atoms with Crippen molar-refractivity contribution >= 4 is 22.4 Å². The van der Waals surface area contributed by atoms with Gasteiger partial charge in [0.2, 0.25) is 11.0 Å². The Morgan fingerprint density at radius 1 is 1.25 bits per heavy atom. The molecule has 0 unspecified atom stereocenters. The zero-order valence-corrected chi connectivity index (χ0v) is 17.8. The zero-order valence-electron chi connectivity index (χ0n) is 16.9. The van der Waals surface area contributed by atoms with Gasteiger partial charge in [-0.25, -0.2) is 0 Å². The standard InChI is InChI=1S/C22H31N3O2S/c1-3-4-7-17-9-11-18(12-10-17)21(26)23-22-25-24-20(28-22)13-14-27-19-8-5-6-16(2)15-19/h5-6,8,15,17-18H,3-4,7,9-14H2,1-2H3,(H,23,25,26). The lowest BCUT2D eigenvalue weighted by atomic mass is 9.79. The van der Waals surface area contributed by atoms with E-state index >= 15 is 0 Å². The highest BCUT2D eigenvalue weighted by molar-refractivity contribution is 7.15. The highest BCUT2D eigenvalue weighted by Gasteiger charge is 2.26. The van der Waals surface area contributed by atoms with Crippen LogP contribution in [-0.2, 0) is 11.2 Å². The second-order valence-corrected chi connectivity index (χ2v) is 8.83. The van der Waals surface area contributed by atoms with E-state index in [0.717, 1.165) is 29.5 Å². The van der Waals surface area contributed by atoms with Gasteiger partial charge in [0.15, 0.2) is 0 Å². The number of ether oxygens (including phenoxy) is 1. The molecule has 0 saturated heterocycles. The lowest BCUT2D eigenvalue weighted by molar-refractivity contribution is -0.121. The average Bonchev–Trinajstić information content (AvgIpc) is 3.14. The maximum absolute atomic E-state index is 12.5. The van der Waals surface area contributed by atoms with Crippen molar-refractivity contribution in [3.8, 4) is 5.75 Å². The van der Waals surface area contributed by atoms with E-state index in [0.29, 0.717) is 18.2 Å². The van der Waals surface area contributed by atoms with Crippen LogP contribution in [0.5, 0.6) is 5.75 Å². The van der Waals surface area contributed by atoms with Crippen molar-refractivity contribution < 1.29 is 9.53 Å². The van der Waals surface area contributed by atoms with Crippen molar-refractivity contribution in [3.05, 3.63) is 34.8 Å². The molecule has 0 spiro atoms. The summed E-state index contributed by atoms with van der Waals surface area (Å²) in [5, 5.41) is 12.8. The van der Waals surface area contributed by atoms with Gasteiger partial charge >= 0.3 is 0 Å². The predicted molar refractivity (Wildman–Crippen MR) is 114 cm³/mol. The van der Waals surface area contributed by atoms with Gasteiger partial charge in [-0.3, -0.25) is 4.79 Å². The lowest BCUT2D eigenvalue weighted by Crippen LogP contribution is -2.27. The first-order valence-corrected chi connectivity index (χ1v) is 11.3. The van der Waals surface area contributed by atoms with E-state index in [9.17, 15) is 4.79 Å². The van der Waals surface area contributed by atoms with Gasteiger partial charge in [-0.1, -0.05) is 49.7 Å². The monoisotopic (exact) mass is 401 g/mol. The summed E-state index contributed by atoms with van der Waals surface area (Å²) in [5.74, 6) is 1.90. The minimum absolute atomic E-state index is 0.104. The molecule has 6 heteroatoms. The van der Waals surface area contributed by atoms with E-state index in [-0.39, 0.29) is 11.8 Å². The Morgan fingerprint density at radius 2 is 2.07 bits per heavy atom. The van der Waals surface area contributed by atoms with Crippen LogP contribution < -0.4 is 10.1 Å². The minimum Gasteiger partial charge on any atom is -0.493 e. The summed E-state index contributed by atoms with van der Waals surface area (Å²) in [6, 6.07) is 8.00. The molecule has 1 fully saturated rings. The van der Waals surface area contributed by atoms with E-state index in [2.05, 4.69) is 22.4 Å². The number of nitrogens with zero attached hydrogens (tertiary/aromatic N) is 2. The van der Waals surface area contributed by atoms with E-state index in [1.807, 2.05) is 31.2 Å². The fourth-order valence-corrected chi connectivity index (χ4v) is 4.50. The molecule has 1 aliphatic carbocycles. The van der Waals surface area contributed by atoms with Crippen LogP contribution in [0.2, 0.25) is 0 Å². The molecule has 152 valence electrons. The molecule has 1 aromatic heterocycles. The first-order valence-electron chi connectivity index (χ1n) is 10.5. The van der Waals surface area contributed by atoms with Crippen LogP contribution in [0.1, 0.15) is 62.4 Å². The van der Waals surface area contributed by atoms with Gasteiger partial charge in [-0.15, -0.1) is 10.2 Å². The van der Waals surface area contributed by atoms with E-state index in [4.69, 9.17) is 4.74 Å². The minimum atomic E-state index is 0.104. The first-order chi connectivity index (χ1) is 13.6. The number of rotatable bonds is 9. The van der Waals surface area contributed by atoms with Crippen LogP contribution in [0.25, 0.3) is 0 Å². The Balaban J connectivity index is 1.40. The number of carbonyl (C=O) groups is 1. The van der Waals surface area contributed by atoms with E-state index in [1.54, 1.807) is 0 Å². The number of anilines is 1. The highest BCUT2D eigenvalue weighted by Crippen LogP contribution is 2.32. The van der Waals surface area contributed by atoms with E-state index in [1.165, 1.54) is 49.0 Å². The number of amides is 1. The van der Waals surface area contributed by atoms with Gasteiger partial charge in [0.05, 0.1) is 6.61 Å². The smallest absolute Gasteiger partial charge is 0.229 e. The number of aromatic nitrogens is 2. The summed E-state index contributed by atoms with van der Waals surface area (Å²) in [5.41, 5.74) is 1.18. The Labute approximate surface area is 171 Å². The number of hydrogen-bond donors (Lipinski definition) is 1. The van der Waals surface area contributed by atoms with Crippen LogP contribution >= 0.6 is 11.3 Å². The average molecular weight is 402 g/mol. The van der Waals surface area contributed by atoms with Crippen molar-refractivity contribution in [1.29, 1.82) is 0 Å². The number of nitrogens with one attached hydrogen (secondary N) is 1. The molecule has 0 radical (unpaired) electrons. The third-order valence-electron chi connectivity index (χ3n) is 5.45. The van der Waals surface area contributed by atoms with Crippen LogP contribution in [0, 0.1) is 18.8 Å². The molecule has 1 heterocycles. The van der Waals surface area contributed by atoms with Crippen molar-refractivity contribution in [2.45, 2.75) is 65.2 Å². The van der Waals surface area contributed by atoms with E-state index < -0.39 is 0 Å². The summed E-state index contributed by atoms with van der Waals surface area (Å²) >= 11 is 1.44. The van der Waals surface area contributed by atoms with Crippen molar-refractivity contribution in [2.75, 3.05) is 11.9 Å². The molecule has 5 nitrogen and oxygen atoms in total. The fraction of sp³-hybridized carbons (Fsp3) is 0.591. The number of aryl methyl sites for hydroxylation is 1. The summed E-state index contributed by atoms with van der Waals surface area (Å²) in [7, 11) is 0. The largest absolute Gasteiger partial charge is 0.493 e. The fourth-order valence-electron chi connectivity index (χ4n) is 3.78. The molecule has 0 bridgehead atoms. The van der Waals surface area contributed by atoms with Gasteiger partial charge in [0.25, 0.3) is 0 Å². The topological polar surface area (TPSA) is 64.1 Å². The summed E-state index contributed by atoms with van der Waals surface area (Å²) in [6.45, 7) is 4.84. The molecule has 1 amide bonds. The SMILES string of the molecule is CCCCC1CCC(C(=O)Nc2nnc(CCOc3cccc(C)c3)s2)CC1. The molecule has 0 aliphatic heterocycles. The van der Waals surface area contributed by atoms with Crippen LogP contribution in [-0.4, -0.2) is 22.7 Å². The molecule has 0 atom stereocenters. The summed E-state index contributed by atoms with van der Waals surface area (Å²) in [4.78, 5) is 12.5. The van der Waals surface area contributed by atoms with Crippen molar-refractivity contribution in [1.82, 2.24) is 10.2 Å². The van der Waals surface area contributed by atoms with Gasteiger partial charge in [-0.05, 0) is 56.2 Å². The second-order valence-electron chi connectivity index (χ2n) is 7.77. The van der Waals surface area contributed by atoms with Crippen molar-refractivity contribution in [3.63, 3.8) is 0 Å².